The van der Waals surface area contributed by atoms with Crippen molar-refractivity contribution in [3.05, 3.63) is 34.4 Å². The van der Waals surface area contributed by atoms with Gasteiger partial charge < -0.3 is 14.8 Å². The number of hydrogen-bond acceptors (Lipinski definition) is 2. The van der Waals surface area contributed by atoms with Gasteiger partial charge in [0.25, 0.3) is 0 Å². The molecule has 0 bridgehead atoms. The predicted molar refractivity (Wildman–Crippen MR) is 83.6 cm³/mol. The minimum atomic E-state index is 1.13. The smallest absolute Gasteiger partial charge is 0.0489 e. The predicted octanol–water partition coefficient (Wildman–Crippen LogP) is 2.39. The van der Waals surface area contributed by atoms with E-state index in [-0.39, 0.29) is 0 Å². The van der Waals surface area contributed by atoms with Crippen molar-refractivity contribution in [1.82, 2.24) is 14.8 Å². The largest absolute Gasteiger partial charge is 0.349 e. The number of rotatable bonds is 3. The fourth-order valence-electron chi connectivity index (χ4n) is 2.77. The highest BCUT2D eigenvalue weighted by Gasteiger charge is 2.10. The molecule has 1 aliphatic rings. The molecule has 4 heteroatoms. The van der Waals surface area contributed by atoms with Crippen molar-refractivity contribution in [2.45, 2.75) is 6.42 Å². The monoisotopic (exact) mass is 321 g/mol. The quantitative estimate of drug-likeness (QED) is 0.936. The Balaban J connectivity index is 1.72. The van der Waals surface area contributed by atoms with Crippen LogP contribution in [-0.2, 0) is 13.5 Å². The van der Waals surface area contributed by atoms with Crippen LogP contribution in [0.4, 0.5) is 0 Å². The van der Waals surface area contributed by atoms with Gasteiger partial charge in [-0.05, 0) is 40.0 Å². The lowest BCUT2D eigenvalue weighted by Gasteiger charge is -2.27. The summed E-state index contributed by atoms with van der Waals surface area (Å²) in [6.07, 6.45) is 3.27. The second-order valence-electron chi connectivity index (χ2n) is 5.28. The first-order valence-electron chi connectivity index (χ1n) is 6.90. The third kappa shape index (κ3) is 2.86. The van der Waals surface area contributed by atoms with E-state index in [1.807, 2.05) is 0 Å². The lowest BCUT2D eigenvalue weighted by Crippen LogP contribution is -2.44. The van der Waals surface area contributed by atoms with E-state index in [0.717, 1.165) is 26.1 Å². The van der Waals surface area contributed by atoms with Crippen molar-refractivity contribution < 1.29 is 0 Å². The highest BCUT2D eigenvalue weighted by atomic mass is 79.9. The molecule has 1 aliphatic heterocycles. The van der Waals surface area contributed by atoms with Crippen LogP contribution in [0.15, 0.2) is 28.9 Å². The van der Waals surface area contributed by atoms with Gasteiger partial charge in [0.2, 0.25) is 0 Å². The maximum Gasteiger partial charge on any atom is 0.0489 e. The fourth-order valence-corrected chi connectivity index (χ4v) is 3.39. The number of fused-ring (bicyclic) bond motifs is 1. The highest BCUT2D eigenvalue weighted by molar-refractivity contribution is 9.10. The molecule has 1 fully saturated rings. The molecule has 1 aromatic heterocycles. The molecule has 19 heavy (non-hydrogen) atoms. The molecule has 2 heterocycles. The van der Waals surface area contributed by atoms with Crippen molar-refractivity contribution in [3.8, 4) is 0 Å². The molecule has 1 aromatic carbocycles. The molecule has 3 nitrogen and oxygen atoms in total. The topological polar surface area (TPSA) is 20.2 Å². The van der Waals surface area contributed by atoms with Crippen LogP contribution in [0.2, 0.25) is 0 Å². The maximum atomic E-state index is 3.64. The van der Waals surface area contributed by atoms with E-state index in [0.29, 0.717) is 0 Å². The van der Waals surface area contributed by atoms with Gasteiger partial charge in [-0.1, -0.05) is 6.07 Å². The van der Waals surface area contributed by atoms with Gasteiger partial charge in [0.15, 0.2) is 0 Å². The molecular weight excluding hydrogens is 302 g/mol. The first kappa shape index (κ1) is 13.2. The Labute approximate surface area is 122 Å². The van der Waals surface area contributed by atoms with Crippen LogP contribution in [0, 0.1) is 0 Å². The van der Waals surface area contributed by atoms with Crippen LogP contribution in [0.3, 0.4) is 0 Å². The molecule has 0 atom stereocenters. The van der Waals surface area contributed by atoms with E-state index in [9.17, 15) is 0 Å². The zero-order valence-corrected chi connectivity index (χ0v) is 12.9. The van der Waals surface area contributed by atoms with Gasteiger partial charge in [-0.2, -0.15) is 0 Å². The van der Waals surface area contributed by atoms with Crippen LogP contribution in [0.25, 0.3) is 10.9 Å². The van der Waals surface area contributed by atoms with Crippen molar-refractivity contribution in [1.29, 1.82) is 0 Å². The summed E-state index contributed by atoms with van der Waals surface area (Å²) in [4.78, 5) is 2.54. The van der Waals surface area contributed by atoms with Crippen LogP contribution in [0.5, 0.6) is 0 Å². The highest BCUT2D eigenvalue weighted by Crippen LogP contribution is 2.26. The van der Waals surface area contributed by atoms with Gasteiger partial charge in [-0.15, -0.1) is 0 Å². The van der Waals surface area contributed by atoms with Crippen molar-refractivity contribution in [2.75, 3.05) is 32.7 Å². The number of aromatic nitrogens is 1. The average Bonchev–Trinajstić information content (AvgIpc) is 2.73. The summed E-state index contributed by atoms with van der Waals surface area (Å²) in [6.45, 7) is 5.78. The zero-order valence-electron chi connectivity index (χ0n) is 11.3. The Morgan fingerprint density at radius 3 is 2.84 bits per heavy atom. The standard InChI is InChI=1S/C15H20BrN3/c1-18-11-14(16)13-10-12(2-3-15(13)18)4-7-19-8-5-17-6-9-19/h2-3,10-11,17H,4-9H2,1H3. The molecule has 0 saturated carbocycles. The molecular formula is C15H20BrN3. The number of aryl methyl sites for hydroxylation is 1. The minimum absolute atomic E-state index is 1.13. The Kier molecular flexibility index (Phi) is 3.91. The molecule has 1 N–H and O–H groups in total. The third-order valence-corrected chi connectivity index (χ3v) is 4.56. The molecule has 0 unspecified atom stereocenters. The van der Waals surface area contributed by atoms with Gasteiger partial charge in [-0.3, -0.25) is 0 Å². The lowest BCUT2D eigenvalue weighted by molar-refractivity contribution is 0.244. The van der Waals surface area contributed by atoms with Crippen LogP contribution in [0.1, 0.15) is 5.56 Å². The SMILES string of the molecule is Cn1cc(Br)c2cc(CCN3CCNCC3)ccc21. The molecule has 2 aromatic rings. The van der Waals surface area contributed by atoms with E-state index in [1.165, 1.54) is 34.0 Å². The average molecular weight is 322 g/mol. The van der Waals surface area contributed by atoms with Gasteiger partial charge in [0.1, 0.15) is 0 Å². The van der Waals surface area contributed by atoms with E-state index < -0.39 is 0 Å². The van der Waals surface area contributed by atoms with E-state index in [4.69, 9.17) is 0 Å². The Hall–Kier alpha value is -0.840. The molecule has 0 radical (unpaired) electrons. The zero-order chi connectivity index (χ0) is 13.2. The first-order chi connectivity index (χ1) is 9.24. The van der Waals surface area contributed by atoms with Crippen LogP contribution in [-0.4, -0.2) is 42.2 Å². The normalized spacial score (nSPS) is 17.2. The van der Waals surface area contributed by atoms with E-state index in [1.54, 1.807) is 0 Å². The second-order valence-corrected chi connectivity index (χ2v) is 6.14. The summed E-state index contributed by atoms with van der Waals surface area (Å²) in [6, 6.07) is 6.81. The number of halogens is 1. The Morgan fingerprint density at radius 1 is 1.26 bits per heavy atom. The van der Waals surface area contributed by atoms with Crippen molar-refractivity contribution in [3.63, 3.8) is 0 Å². The number of piperazine rings is 1. The number of benzene rings is 1. The molecule has 3 rings (SSSR count). The van der Waals surface area contributed by atoms with Gasteiger partial charge in [0, 0.05) is 61.3 Å². The Bertz CT molecular complexity index is 570. The molecule has 0 amide bonds. The van der Waals surface area contributed by atoms with E-state index in [2.05, 4.69) is 62.2 Å². The van der Waals surface area contributed by atoms with Crippen LogP contribution < -0.4 is 5.32 Å². The van der Waals surface area contributed by atoms with Gasteiger partial charge >= 0.3 is 0 Å². The van der Waals surface area contributed by atoms with Crippen molar-refractivity contribution >= 4 is 26.8 Å². The fraction of sp³-hybridized carbons (Fsp3) is 0.467. The third-order valence-electron chi connectivity index (χ3n) is 3.93. The molecule has 102 valence electrons. The number of nitrogens with zero attached hydrogens (tertiary/aromatic N) is 2. The van der Waals surface area contributed by atoms with Crippen molar-refractivity contribution in [2.24, 2.45) is 7.05 Å². The summed E-state index contributed by atoms with van der Waals surface area (Å²) in [5.74, 6) is 0. The summed E-state index contributed by atoms with van der Waals surface area (Å²) in [7, 11) is 2.09. The summed E-state index contributed by atoms with van der Waals surface area (Å²) in [5.41, 5.74) is 2.72. The maximum absolute atomic E-state index is 3.64. The summed E-state index contributed by atoms with van der Waals surface area (Å²) >= 11 is 3.64. The summed E-state index contributed by atoms with van der Waals surface area (Å²) < 4.78 is 3.36. The van der Waals surface area contributed by atoms with E-state index >= 15 is 0 Å². The number of nitrogens with one attached hydrogen (secondary N) is 1. The molecule has 0 aliphatic carbocycles. The van der Waals surface area contributed by atoms with Crippen LogP contribution >= 0.6 is 15.9 Å². The lowest BCUT2D eigenvalue weighted by atomic mass is 10.1. The minimum Gasteiger partial charge on any atom is -0.349 e. The number of hydrogen-bond donors (Lipinski definition) is 1. The second kappa shape index (κ2) is 5.65. The molecule has 1 saturated heterocycles. The summed E-state index contributed by atoms with van der Waals surface area (Å²) in [5, 5.41) is 4.72. The first-order valence-corrected chi connectivity index (χ1v) is 7.70. The van der Waals surface area contributed by atoms with Gasteiger partial charge in [-0.25, -0.2) is 0 Å². The Morgan fingerprint density at radius 2 is 2.05 bits per heavy atom. The van der Waals surface area contributed by atoms with Gasteiger partial charge in [0.05, 0.1) is 0 Å². The molecule has 0 spiro atoms.